The predicted octanol–water partition coefficient (Wildman–Crippen LogP) is 2.87. The molecule has 0 aromatic heterocycles. The van der Waals surface area contributed by atoms with Crippen LogP contribution in [0.2, 0.25) is 0 Å². The Morgan fingerprint density at radius 1 is 1.00 bits per heavy atom. The van der Waals surface area contributed by atoms with Crippen LogP contribution in [-0.4, -0.2) is 16.3 Å². The Kier molecular flexibility index (Phi) is 3.56. The lowest BCUT2D eigenvalue weighted by Crippen LogP contribution is -2.46. The Morgan fingerprint density at radius 2 is 1.38 bits per heavy atom. The van der Waals surface area contributed by atoms with Crippen molar-refractivity contribution in [3.63, 3.8) is 0 Å². The lowest BCUT2D eigenvalue weighted by molar-refractivity contribution is -0.123. The van der Waals surface area contributed by atoms with Crippen LogP contribution < -0.4 is 0 Å². The molecule has 0 aliphatic rings. The third-order valence-electron chi connectivity index (χ3n) is 2.59. The molecule has 0 aromatic rings. The quantitative estimate of drug-likeness (QED) is 0.687. The van der Waals surface area contributed by atoms with Crippen molar-refractivity contribution in [2.75, 3.05) is 0 Å². The van der Waals surface area contributed by atoms with Crippen molar-refractivity contribution in [1.82, 2.24) is 0 Å². The largest absolute Gasteiger partial charge is 0.490 e. The molecule has 78 valence electrons. The molecule has 1 N–H and O–H groups in total. The zero-order valence-electron chi connectivity index (χ0n) is 9.86. The highest BCUT2D eigenvalue weighted by Gasteiger charge is 2.37. The normalized spacial score (nSPS) is 12.6. The van der Waals surface area contributed by atoms with E-state index in [0.29, 0.717) is 0 Å². The number of rotatable bonds is 3. The fourth-order valence-electron chi connectivity index (χ4n) is 0.610. The first-order chi connectivity index (χ1) is 5.58. The molecule has 0 radical (unpaired) electrons. The van der Waals surface area contributed by atoms with Crippen molar-refractivity contribution >= 4 is 0 Å². The van der Waals surface area contributed by atoms with E-state index < -0.39 is 11.2 Å². The predicted molar refractivity (Wildman–Crippen MR) is 55.5 cm³/mol. The van der Waals surface area contributed by atoms with E-state index >= 15 is 0 Å². The van der Waals surface area contributed by atoms with Gasteiger partial charge in [-0.3, -0.25) is 0 Å². The van der Waals surface area contributed by atoms with E-state index in [0.717, 1.165) is 11.3 Å². The van der Waals surface area contributed by atoms with Crippen LogP contribution in [-0.2, 0) is 4.74 Å². The van der Waals surface area contributed by atoms with Gasteiger partial charge in [-0.15, -0.1) is 0 Å². The topological polar surface area (TPSA) is 29.5 Å². The molecule has 0 atom stereocenters. The Balaban J connectivity index is 4.63. The lowest BCUT2D eigenvalue weighted by Gasteiger charge is -2.38. The van der Waals surface area contributed by atoms with Crippen molar-refractivity contribution in [3.8, 4) is 0 Å². The summed E-state index contributed by atoms with van der Waals surface area (Å²) in [4.78, 5) is 0. The first-order valence-electron chi connectivity index (χ1n) is 4.63. The number of ether oxygens (including phenoxy) is 1. The Labute approximate surface area is 81.6 Å². The van der Waals surface area contributed by atoms with Crippen LogP contribution >= 0.6 is 0 Å². The molecule has 0 aliphatic carbocycles. The molecule has 0 amide bonds. The summed E-state index contributed by atoms with van der Waals surface area (Å²) in [7, 11) is 0. The third-order valence-corrected chi connectivity index (χ3v) is 2.59. The summed E-state index contributed by atoms with van der Waals surface area (Å²) in [5.74, 6) is 0.882. The second kappa shape index (κ2) is 3.70. The van der Waals surface area contributed by atoms with Crippen LogP contribution in [0.3, 0.4) is 0 Å². The summed E-state index contributed by atoms with van der Waals surface area (Å²) in [6.45, 7) is 13.2. The molecule has 0 heterocycles. The highest BCUT2D eigenvalue weighted by atomic mass is 16.5. The van der Waals surface area contributed by atoms with Gasteiger partial charge in [0.2, 0.25) is 0 Å². The number of allylic oxidation sites excluding steroid dienone is 2. The van der Waals surface area contributed by atoms with Gasteiger partial charge in [-0.2, -0.15) is 0 Å². The van der Waals surface area contributed by atoms with E-state index in [1.165, 1.54) is 0 Å². The van der Waals surface area contributed by atoms with Gasteiger partial charge >= 0.3 is 0 Å². The monoisotopic (exact) mass is 186 g/mol. The highest BCUT2D eigenvalue weighted by molar-refractivity contribution is 5.02. The third kappa shape index (κ3) is 3.39. The maximum absolute atomic E-state index is 9.83. The number of hydrogen-bond donors (Lipinski definition) is 1. The maximum Gasteiger partial charge on any atom is 0.131 e. The maximum atomic E-state index is 9.83. The average molecular weight is 186 g/mol. The summed E-state index contributed by atoms with van der Waals surface area (Å²) in [6.07, 6.45) is 0. The zero-order valence-corrected chi connectivity index (χ0v) is 9.86. The first kappa shape index (κ1) is 12.5. The molecule has 2 heteroatoms. The van der Waals surface area contributed by atoms with E-state index in [1.54, 1.807) is 13.8 Å². The van der Waals surface area contributed by atoms with Gasteiger partial charge in [-0.25, -0.2) is 0 Å². The van der Waals surface area contributed by atoms with Crippen LogP contribution in [0.4, 0.5) is 0 Å². The van der Waals surface area contributed by atoms with E-state index in [1.807, 2.05) is 34.6 Å². The molecule has 2 nitrogen and oxygen atoms in total. The minimum atomic E-state index is -0.844. The van der Waals surface area contributed by atoms with Crippen molar-refractivity contribution in [3.05, 3.63) is 11.3 Å². The summed E-state index contributed by atoms with van der Waals surface area (Å²) < 4.78 is 5.69. The molecular formula is C11H22O2. The summed E-state index contributed by atoms with van der Waals surface area (Å²) >= 11 is 0. The highest BCUT2D eigenvalue weighted by Crippen LogP contribution is 2.28. The van der Waals surface area contributed by atoms with Crippen LogP contribution in [0.15, 0.2) is 11.3 Å². The number of aliphatic hydroxyl groups is 1. The molecule has 0 rings (SSSR count). The van der Waals surface area contributed by atoms with E-state index in [9.17, 15) is 5.11 Å². The molecule has 0 unspecified atom stereocenters. The van der Waals surface area contributed by atoms with Crippen LogP contribution in [0.1, 0.15) is 48.5 Å². The molecular weight excluding hydrogens is 164 g/mol. The Morgan fingerprint density at radius 3 is 1.62 bits per heavy atom. The zero-order chi connectivity index (χ0) is 10.9. The summed E-state index contributed by atoms with van der Waals surface area (Å²) in [5, 5.41) is 9.83. The second-order valence-electron chi connectivity index (χ2n) is 4.73. The SMILES string of the molecule is CC(C)=C(C)OC(C)(C)C(C)(C)O. The molecule has 0 saturated carbocycles. The average Bonchev–Trinajstić information content (AvgIpc) is 1.83. The Bertz CT molecular complexity index is 203. The molecule has 0 spiro atoms. The van der Waals surface area contributed by atoms with Gasteiger partial charge in [-0.1, -0.05) is 0 Å². The molecule has 0 fully saturated rings. The first-order valence-corrected chi connectivity index (χ1v) is 4.63. The van der Waals surface area contributed by atoms with Gasteiger partial charge in [0, 0.05) is 0 Å². The van der Waals surface area contributed by atoms with Gasteiger partial charge in [-0.05, 0) is 54.0 Å². The van der Waals surface area contributed by atoms with Gasteiger partial charge < -0.3 is 9.84 Å². The fraction of sp³-hybridized carbons (Fsp3) is 0.818. The number of hydrogen-bond acceptors (Lipinski definition) is 2. The van der Waals surface area contributed by atoms with Gasteiger partial charge in [0.15, 0.2) is 0 Å². The van der Waals surface area contributed by atoms with Crippen molar-refractivity contribution in [2.45, 2.75) is 59.7 Å². The van der Waals surface area contributed by atoms with Crippen LogP contribution in [0.5, 0.6) is 0 Å². The molecule has 13 heavy (non-hydrogen) atoms. The van der Waals surface area contributed by atoms with E-state index in [4.69, 9.17) is 4.74 Å². The van der Waals surface area contributed by atoms with Crippen LogP contribution in [0, 0.1) is 0 Å². The van der Waals surface area contributed by atoms with Gasteiger partial charge in [0.05, 0.1) is 11.4 Å². The Hall–Kier alpha value is -0.500. The second-order valence-corrected chi connectivity index (χ2v) is 4.73. The van der Waals surface area contributed by atoms with Gasteiger partial charge in [0.1, 0.15) is 5.60 Å². The standard InChI is InChI=1S/C11H22O2/c1-8(2)9(3)13-11(6,7)10(4,5)12/h12H,1-7H3. The van der Waals surface area contributed by atoms with Crippen molar-refractivity contribution < 1.29 is 9.84 Å². The van der Waals surface area contributed by atoms with Gasteiger partial charge in [0.25, 0.3) is 0 Å². The summed E-state index contributed by atoms with van der Waals surface area (Å²) in [5.41, 5.74) is -0.268. The minimum Gasteiger partial charge on any atom is -0.490 e. The summed E-state index contributed by atoms with van der Waals surface area (Å²) in [6, 6.07) is 0. The fourth-order valence-corrected chi connectivity index (χ4v) is 0.610. The van der Waals surface area contributed by atoms with Crippen molar-refractivity contribution in [2.24, 2.45) is 0 Å². The minimum absolute atomic E-state index is 0.561. The smallest absolute Gasteiger partial charge is 0.131 e. The molecule has 0 bridgehead atoms. The van der Waals surface area contributed by atoms with Crippen molar-refractivity contribution in [1.29, 1.82) is 0 Å². The molecule has 0 saturated heterocycles. The lowest BCUT2D eigenvalue weighted by atomic mass is 9.89. The van der Waals surface area contributed by atoms with E-state index in [2.05, 4.69) is 0 Å². The van der Waals surface area contributed by atoms with Crippen LogP contribution in [0.25, 0.3) is 0 Å². The molecule has 0 aromatic carbocycles. The van der Waals surface area contributed by atoms with E-state index in [-0.39, 0.29) is 0 Å². The molecule has 0 aliphatic heterocycles.